The summed E-state index contributed by atoms with van der Waals surface area (Å²) < 4.78 is 4.55. The Labute approximate surface area is 449 Å². The van der Waals surface area contributed by atoms with E-state index in [1.165, 1.54) is 0 Å². The molecule has 0 aliphatic rings. The Bertz CT molecular complexity index is 4270. The van der Waals surface area contributed by atoms with Crippen LogP contribution >= 0.6 is 0 Å². The van der Waals surface area contributed by atoms with E-state index in [1.54, 1.807) is 6.08 Å². The molecule has 0 amide bonds. The molecule has 0 aliphatic heterocycles. The van der Waals surface area contributed by atoms with Gasteiger partial charge < -0.3 is 0 Å². The van der Waals surface area contributed by atoms with Gasteiger partial charge in [0.15, 0.2) is 5.82 Å². The van der Waals surface area contributed by atoms with Crippen LogP contribution in [0.15, 0.2) is 243 Å². The largest absolute Gasteiger partial charge is 0.297 e. The van der Waals surface area contributed by atoms with Crippen molar-refractivity contribution in [3.63, 3.8) is 0 Å². The van der Waals surface area contributed by atoms with Gasteiger partial charge in [-0.2, -0.15) is 0 Å². The van der Waals surface area contributed by atoms with Crippen LogP contribution < -0.4 is 0 Å². The van der Waals surface area contributed by atoms with Gasteiger partial charge in [-0.15, -0.1) is 0 Å². The zero-order valence-electron chi connectivity index (χ0n) is 44.0. The Morgan fingerprint density at radius 3 is 1.69 bits per heavy atom. The van der Waals surface area contributed by atoms with E-state index in [-0.39, 0.29) is 5.41 Å². The molecule has 0 N–H and O–H groups in total. The summed E-state index contributed by atoms with van der Waals surface area (Å²) in [6, 6.07) is 68.8. The van der Waals surface area contributed by atoms with Crippen molar-refractivity contribution in [1.29, 1.82) is 0 Å². The van der Waals surface area contributed by atoms with Crippen LogP contribution in [0.3, 0.4) is 0 Å². The molecular formula is C70H57N7. The molecule has 77 heavy (non-hydrogen) atoms. The molecule has 3 heterocycles. The minimum Gasteiger partial charge on any atom is -0.297 e. The number of hydrogen-bond donors (Lipinski definition) is 0. The SMILES string of the molecule is C=C/C=C\N=C(C)c1c2cc(-c3ccc4c(c3)nc(-c3ccccc3)n4/C(C)=C/CC(C)(C)C)ccc2c(-c2ncccn2)c2cc(-c3ccc(-c4ccc5c(c4)nc(-c4ccccc4)n5-c4ccccc4)cc3)ccc12. The van der Waals surface area contributed by atoms with E-state index < -0.39 is 0 Å². The van der Waals surface area contributed by atoms with Crippen LogP contribution in [0.5, 0.6) is 0 Å². The Morgan fingerprint density at radius 1 is 0.519 bits per heavy atom. The van der Waals surface area contributed by atoms with Gasteiger partial charge >= 0.3 is 0 Å². The van der Waals surface area contributed by atoms with Crippen molar-refractivity contribution in [2.24, 2.45) is 10.4 Å². The van der Waals surface area contributed by atoms with Crippen molar-refractivity contribution >= 4 is 55.0 Å². The van der Waals surface area contributed by atoms with Gasteiger partial charge in [0.05, 0.1) is 22.1 Å². The maximum Gasteiger partial charge on any atom is 0.160 e. The number of hydrogen-bond acceptors (Lipinski definition) is 5. The highest BCUT2D eigenvalue weighted by Crippen LogP contribution is 2.43. The maximum atomic E-state index is 5.33. The fourth-order valence-corrected chi connectivity index (χ4v) is 10.6. The molecular weight excluding hydrogens is 939 g/mol. The molecule has 0 fully saturated rings. The predicted molar refractivity (Wildman–Crippen MR) is 323 cm³/mol. The second-order valence-electron chi connectivity index (χ2n) is 20.8. The van der Waals surface area contributed by atoms with Gasteiger partial charge in [0.25, 0.3) is 0 Å². The second kappa shape index (κ2) is 20.3. The number of rotatable bonds is 12. The van der Waals surface area contributed by atoms with Crippen LogP contribution in [0, 0.1) is 5.41 Å². The molecule has 0 bridgehead atoms. The van der Waals surface area contributed by atoms with E-state index >= 15 is 0 Å². The molecule has 7 nitrogen and oxygen atoms in total. The van der Waals surface area contributed by atoms with Crippen LogP contribution in [0.1, 0.15) is 46.6 Å². The Morgan fingerprint density at radius 2 is 1.04 bits per heavy atom. The van der Waals surface area contributed by atoms with Crippen LogP contribution in [0.2, 0.25) is 0 Å². The molecule has 0 aliphatic carbocycles. The number of imidazole rings is 2. The molecule has 0 saturated heterocycles. The van der Waals surface area contributed by atoms with Gasteiger partial charge in [-0.3, -0.25) is 14.1 Å². The molecule has 7 heteroatoms. The molecule has 0 unspecified atom stereocenters. The van der Waals surface area contributed by atoms with E-state index in [1.807, 2.05) is 42.9 Å². The normalized spacial score (nSPS) is 12.4. The molecule has 0 atom stereocenters. The van der Waals surface area contributed by atoms with Crippen molar-refractivity contribution in [2.45, 2.75) is 41.0 Å². The van der Waals surface area contributed by atoms with E-state index in [2.05, 4.69) is 232 Å². The topological polar surface area (TPSA) is 73.8 Å². The molecule has 0 radical (unpaired) electrons. The van der Waals surface area contributed by atoms with E-state index in [9.17, 15) is 0 Å². The highest BCUT2D eigenvalue weighted by Gasteiger charge is 2.22. The fourth-order valence-electron chi connectivity index (χ4n) is 10.6. The smallest absolute Gasteiger partial charge is 0.160 e. The van der Waals surface area contributed by atoms with Crippen molar-refractivity contribution < 1.29 is 0 Å². The summed E-state index contributed by atoms with van der Waals surface area (Å²) in [6.45, 7) is 15.0. The molecule has 0 saturated carbocycles. The van der Waals surface area contributed by atoms with E-state index in [0.29, 0.717) is 5.82 Å². The zero-order chi connectivity index (χ0) is 52.6. The first-order chi connectivity index (χ1) is 37.6. The highest BCUT2D eigenvalue weighted by molar-refractivity contribution is 6.26. The third kappa shape index (κ3) is 9.38. The minimum atomic E-state index is 0.160. The number of allylic oxidation sites excluding steroid dienone is 4. The minimum absolute atomic E-state index is 0.160. The molecule has 0 spiro atoms. The van der Waals surface area contributed by atoms with Gasteiger partial charge in [0.2, 0.25) is 0 Å². The summed E-state index contributed by atoms with van der Waals surface area (Å²) in [6.07, 6.45) is 12.4. The number of para-hydroxylation sites is 1. The predicted octanol–water partition coefficient (Wildman–Crippen LogP) is 18.3. The number of fused-ring (bicyclic) bond motifs is 4. The number of aliphatic imine (C=N–C) groups is 1. The monoisotopic (exact) mass is 995 g/mol. The van der Waals surface area contributed by atoms with Gasteiger partial charge in [-0.25, -0.2) is 19.9 Å². The lowest BCUT2D eigenvalue weighted by atomic mass is 9.86. The fraction of sp³-hybridized carbons (Fsp3) is 0.100. The number of benzene rings is 9. The Kier molecular flexibility index (Phi) is 12.7. The van der Waals surface area contributed by atoms with Crippen molar-refractivity contribution in [3.05, 3.63) is 243 Å². The van der Waals surface area contributed by atoms with Gasteiger partial charge in [-0.1, -0.05) is 179 Å². The Hall–Kier alpha value is -9.59. The standard InChI is InChI=1S/C70H57N7/c1-7-8-39-71-47(3)65-57-33-29-52(48-25-27-49(28-26-48)54-31-36-64-62(44-54)75-69(51-21-14-10-15-22-51)77(64)56-23-16-11-17-24-56)42-60(57)66(67-72-40-18-41-73-67)58-34-30-53(43-59(58)65)55-32-35-63-61(45-55)74-68(50-19-12-9-13-20-50)76(63)46(2)37-38-70(4,5)6/h7-37,39-45H,1,38H2,2-6H3/b39-8-,46-37+,71-47?. The van der Waals surface area contributed by atoms with Gasteiger partial charge in [-0.05, 0) is 141 Å². The molecule has 12 aromatic rings. The first-order valence-corrected chi connectivity index (χ1v) is 26.2. The lowest BCUT2D eigenvalue weighted by Crippen LogP contribution is -2.04. The van der Waals surface area contributed by atoms with Crippen LogP contribution in [-0.2, 0) is 0 Å². The average Bonchev–Trinajstić information content (AvgIpc) is 4.07. The molecule has 9 aromatic carbocycles. The van der Waals surface area contributed by atoms with Crippen LogP contribution in [0.4, 0.5) is 0 Å². The van der Waals surface area contributed by atoms with Crippen molar-refractivity contribution in [2.75, 3.05) is 0 Å². The van der Waals surface area contributed by atoms with Gasteiger partial charge in [0, 0.05) is 57.9 Å². The number of nitrogens with zero attached hydrogens (tertiary/aromatic N) is 7. The maximum absolute atomic E-state index is 5.33. The third-order valence-corrected chi connectivity index (χ3v) is 14.4. The van der Waals surface area contributed by atoms with E-state index in [0.717, 1.165) is 134 Å². The van der Waals surface area contributed by atoms with Crippen molar-refractivity contribution in [1.82, 2.24) is 29.1 Å². The quantitative estimate of drug-likeness (QED) is 0.0694. The average molecular weight is 996 g/mol. The van der Waals surface area contributed by atoms with E-state index in [4.69, 9.17) is 24.9 Å². The lowest BCUT2D eigenvalue weighted by molar-refractivity contribution is 0.420. The molecule has 372 valence electrons. The van der Waals surface area contributed by atoms with Gasteiger partial charge in [0.1, 0.15) is 11.6 Å². The second-order valence-corrected chi connectivity index (χ2v) is 20.8. The molecule has 3 aromatic heterocycles. The number of aromatic nitrogens is 6. The highest BCUT2D eigenvalue weighted by atomic mass is 15.1. The summed E-state index contributed by atoms with van der Waals surface area (Å²) in [5.74, 6) is 2.50. The summed E-state index contributed by atoms with van der Waals surface area (Å²) in [5, 5.41) is 4.19. The summed E-state index contributed by atoms with van der Waals surface area (Å²) in [4.78, 5) is 25.4. The first-order valence-electron chi connectivity index (χ1n) is 26.2. The van der Waals surface area contributed by atoms with Crippen LogP contribution in [0.25, 0.3) is 123 Å². The summed E-state index contributed by atoms with van der Waals surface area (Å²) >= 11 is 0. The first kappa shape index (κ1) is 48.4. The molecule has 12 rings (SSSR count). The zero-order valence-corrected chi connectivity index (χ0v) is 44.0. The van der Waals surface area contributed by atoms with Crippen LogP contribution in [-0.4, -0.2) is 34.8 Å². The van der Waals surface area contributed by atoms with Crippen molar-refractivity contribution in [3.8, 4) is 73.2 Å². The lowest BCUT2D eigenvalue weighted by Gasteiger charge is -2.18. The Balaban J connectivity index is 0.974. The summed E-state index contributed by atoms with van der Waals surface area (Å²) in [7, 11) is 0. The third-order valence-electron chi connectivity index (χ3n) is 14.4. The summed E-state index contributed by atoms with van der Waals surface area (Å²) in [5.41, 5.74) is 18.0.